The number of aryl methyl sites for hydroxylation is 1. The standard InChI is InChI=1S/C10H11BrO3/c1-6-4-8(11)5-9(10(6)13-3)14-7(2)12/h4-5H,1-3H3. The minimum absolute atomic E-state index is 0.360. The van der Waals surface area contributed by atoms with Crippen LogP contribution in [0.1, 0.15) is 12.5 Å². The van der Waals surface area contributed by atoms with E-state index < -0.39 is 0 Å². The smallest absolute Gasteiger partial charge is 0.308 e. The second-order valence-corrected chi connectivity index (χ2v) is 3.76. The third-order valence-corrected chi connectivity index (χ3v) is 2.12. The molecule has 14 heavy (non-hydrogen) atoms. The number of hydrogen-bond donors (Lipinski definition) is 0. The summed E-state index contributed by atoms with van der Waals surface area (Å²) in [6.07, 6.45) is 0. The third kappa shape index (κ3) is 2.48. The lowest BCUT2D eigenvalue weighted by molar-refractivity contribution is -0.132. The summed E-state index contributed by atoms with van der Waals surface area (Å²) < 4.78 is 11.0. The van der Waals surface area contributed by atoms with E-state index in [1.54, 1.807) is 13.2 Å². The average Bonchev–Trinajstić information content (AvgIpc) is 2.01. The summed E-state index contributed by atoms with van der Waals surface area (Å²) in [4.78, 5) is 10.8. The maximum absolute atomic E-state index is 10.8. The van der Waals surface area contributed by atoms with E-state index in [9.17, 15) is 4.79 Å². The zero-order valence-electron chi connectivity index (χ0n) is 8.26. The molecule has 76 valence electrons. The molecular weight excluding hydrogens is 248 g/mol. The summed E-state index contributed by atoms with van der Waals surface area (Å²) in [6.45, 7) is 3.24. The lowest BCUT2D eigenvalue weighted by atomic mass is 10.2. The number of carbonyl (C=O) groups excluding carboxylic acids is 1. The van der Waals surface area contributed by atoms with Crippen molar-refractivity contribution in [2.75, 3.05) is 7.11 Å². The molecule has 0 saturated heterocycles. The first kappa shape index (κ1) is 11.0. The van der Waals surface area contributed by atoms with E-state index in [4.69, 9.17) is 9.47 Å². The first-order valence-corrected chi connectivity index (χ1v) is 4.86. The Morgan fingerprint density at radius 2 is 2.07 bits per heavy atom. The molecule has 0 amide bonds. The fourth-order valence-corrected chi connectivity index (χ4v) is 1.74. The Hall–Kier alpha value is -1.03. The molecule has 0 N–H and O–H groups in total. The van der Waals surface area contributed by atoms with Gasteiger partial charge in [-0.15, -0.1) is 0 Å². The molecule has 0 aliphatic rings. The molecule has 0 aliphatic carbocycles. The van der Waals surface area contributed by atoms with Crippen LogP contribution in [0.25, 0.3) is 0 Å². The zero-order chi connectivity index (χ0) is 10.7. The molecule has 0 spiro atoms. The van der Waals surface area contributed by atoms with Gasteiger partial charge in [0.15, 0.2) is 11.5 Å². The molecule has 0 heterocycles. The van der Waals surface area contributed by atoms with Gasteiger partial charge in [0.05, 0.1) is 7.11 Å². The highest BCUT2D eigenvalue weighted by atomic mass is 79.9. The van der Waals surface area contributed by atoms with Crippen molar-refractivity contribution in [3.8, 4) is 11.5 Å². The summed E-state index contributed by atoms with van der Waals surface area (Å²) in [7, 11) is 1.54. The van der Waals surface area contributed by atoms with Crippen LogP contribution in [0.3, 0.4) is 0 Å². The number of rotatable bonds is 2. The molecule has 0 fully saturated rings. The van der Waals surface area contributed by atoms with E-state index in [1.165, 1.54) is 6.92 Å². The van der Waals surface area contributed by atoms with E-state index in [1.807, 2.05) is 13.0 Å². The number of methoxy groups -OCH3 is 1. The number of hydrogen-bond acceptors (Lipinski definition) is 3. The topological polar surface area (TPSA) is 35.5 Å². The normalized spacial score (nSPS) is 9.71. The van der Waals surface area contributed by atoms with Gasteiger partial charge >= 0.3 is 5.97 Å². The number of esters is 1. The van der Waals surface area contributed by atoms with Crippen LogP contribution in [0, 0.1) is 6.92 Å². The van der Waals surface area contributed by atoms with Crippen LogP contribution in [0.5, 0.6) is 11.5 Å². The van der Waals surface area contributed by atoms with E-state index in [2.05, 4.69) is 15.9 Å². The van der Waals surface area contributed by atoms with Crippen molar-refractivity contribution in [1.29, 1.82) is 0 Å². The highest BCUT2D eigenvalue weighted by molar-refractivity contribution is 9.10. The first-order chi connectivity index (χ1) is 6.54. The minimum Gasteiger partial charge on any atom is -0.493 e. The summed E-state index contributed by atoms with van der Waals surface area (Å²) in [5.74, 6) is 0.663. The van der Waals surface area contributed by atoms with Gasteiger partial charge in [0.1, 0.15) is 0 Å². The van der Waals surface area contributed by atoms with E-state index >= 15 is 0 Å². The number of benzene rings is 1. The van der Waals surface area contributed by atoms with Crippen molar-refractivity contribution in [3.05, 3.63) is 22.2 Å². The summed E-state index contributed by atoms with van der Waals surface area (Å²) in [5.41, 5.74) is 0.915. The maximum atomic E-state index is 10.8. The van der Waals surface area contributed by atoms with E-state index in [-0.39, 0.29) is 5.97 Å². The Kier molecular flexibility index (Phi) is 3.52. The molecule has 0 aromatic heterocycles. The SMILES string of the molecule is COc1c(C)cc(Br)cc1OC(C)=O. The second-order valence-electron chi connectivity index (χ2n) is 2.85. The monoisotopic (exact) mass is 258 g/mol. The number of carbonyl (C=O) groups is 1. The van der Waals surface area contributed by atoms with Crippen LogP contribution in [0.2, 0.25) is 0 Å². The molecule has 0 bridgehead atoms. The first-order valence-electron chi connectivity index (χ1n) is 4.07. The summed E-state index contributed by atoms with van der Waals surface area (Å²) in [5, 5.41) is 0. The van der Waals surface area contributed by atoms with Gasteiger partial charge in [0.25, 0.3) is 0 Å². The van der Waals surface area contributed by atoms with Crippen LogP contribution < -0.4 is 9.47 Å². The van der Waals surface area contributed by atoms with Crippen LogP contribution in [-0.4, -0.2) is 13.1 Å². The van der Waals surface area contributed by atoms with Gasteiger partial charge in [0, 0.05) is 11.4 Å². The van der Waals surface area contributed by atoms with Gasteiger partial charge in [-0.2, -0.15) is 0 Å². The lowest BCUT2D eigenvalue weighted by Crippen LogP contribution is -2.03. The van der Waals surface area contributed by atoms with Crippen molar-refractivity contribution >= 4 is 21.9 Å². The molecule has 0 radical (unpaired) electrons. The molecule has 1 aromatic carbocycles. The number of ether oxygens (including phenoxy) is 2. The molecule has 1 aromatic rings. The van der Waals surface area contributed by atoms with Crippen LogP contribution in [0.15, 0.2) is 16.6 Å². The second kappa shape index (κ2) is 4.46. The highest BCUT2D eigenvalue weighted by Gasteiger charge is 2.10. The number of halogens is 1. The third-order valence-electron chi connectivity index (χ3n) is 1.66. The van der Waals surface area contributed by atoms with Gasteiger partial charge in [-0.3, -0.25) is 4.79 Å². The van der Waals surface area contributed by atoms with E-state index in [0.29, 0.717) is 11.5 Å². The highest BCUT2D eigenvalue weighted by Crippen LogP contribution is 2.34. The molecular formula is C10H11BrO3. The molecule has 1 rings (SSSR count). The Labute approximate surface area is 91.1 Å². The molecule has 3 nitrogen and oxygen atoms in total. The van der Waals surface area contributed by atoms with E-state index in [0.717, 1.165) is 10.0 Å². The quantitative estimate of drug-likeness (QED) is 0.605. The van der Waals surface area contributed by atoms with Crippen LogP contribution in [0.4, 0.5) is 0 Å². The van der Waals surface area contributed by atoms with Crippen molar-refractivity contribution in [1.82, 2.24) is 0 Å². The molecule has 0 aliphatic heterocycles. The Balaban J connectivity index is 3.17. The summed E-state index contributed by atoms with van der Waals surface area (Å²) in [6, 6.07) is 3.60. The van der Waals surface area contributed by atoms with Crippen LogP contribution in [-0.2, 0) is 4.79 Å². The average molecular weight is 259 g/mol. The van der Waals surface area contributed by atoms with Gasteiger partial charge < -0.3 is 9.47 Å². The fraction of sp³-hybridized carbons (Fsp3) is 0.300. The van der Waals surface area contributed by atoms with Crippen molar-refractivity contribution in [3.63, 3.8) is 0 Å². The van der Waals surface area contributed by atoms with Gasteiger partial charge in [-0.05, 0) is 24.6 Å². The summed E-state index contributed by atoms with van der Waals surface area (Å²) >= 11 is 3.32. The lowest BCUT2D eigenvalue weighted by Gasteiger charge is -2.10. The van der Waals surface area contributed by atoms with Gasteiger partial charge in [-0.1, -0.05) is 15.9 Å². The van der Waals surface area contributed by atoms with Crippen molar-refractivity contribution in [2.24, 2.45) is 0 Å². The molecule has 0 unspecified atom stereocenters. The largest absolute Gasteiger partial charge is 0.493 e. The molecule has 4 heteroatoms. The Morgan fingerprint density at radius 3 is 2.57 bits per heavy atom. The Morgan fingerprint density at radius 1 is 1.43 bits per heavy atom. The predicted octanol–water partition coefficient (Wildman–Crippen LogP) is 2.69. The Bertz CT molecular complexity index is 361. The fourth-order valence-electron chi connectivity index (χ4n) is 1.19. The minimum atomic E-state index is -0.360. The van der Waals surface area contributed by atoms with Gasteiger partial charge in [0.2, 0.25) is 0 Å². The predicted molar refractivity (Wildman–Crippen MR) is 56.7 cm³/mol. The maximum Gasteiger partial charge on any atom is 0.308 e. The van der Waals surface area contributed by atoms with Crippen molar-refractivity contribution in [2.45, 2.75) is 13.8 Å². The molecule has 0 atom stereocenters. The molecule has 0 saturated carbocycles. The zero-order valence-corrected chi connectivity index (χ0v) is 9.84. The van der Waals surface area contributed by atoms with Crippen molar-refractivity contribution < 1.29 is 14.3 Å². The van der Waals surface area contributed by atoms with Gasteiger partial charge in [-0.25, -0.2) is 0 Å². The van der Waals surface area contributed by atoms with Crippen LogP contribution >= 0.6 is 15.9 Å².